The Kier molecular flexibility index (Phi) is 57.7. The average Bonchev–Trinajstić information content (AvgIpc) is 3.51. The molecule has 0 aromatic heterocycles. The van der Waals surface area contributed by atoms with Crippen LogP contribution in [-0.2, 0) is 65.4 Å². The van der Waals surface area contributed by atoms with Crippen molar-refractivity contribution >= 4 is 39.5 Å². The first-order valence-corrected chi connectivity index (χ1v) is 36.8. The Morgan fingerprint density at radius 1 is 0.289 bits per heavy atom. The van der Waals surface area contributed by atoms with Gasteiger partial charge in [0.05, 0.1) is 26.4 Å². The number of hydrogen-bond donors (Lipinski definition) is 3. The molecule has 0 fully saturated rings. The fourth-order valence-electron chi connectivity index (χ4n) is 9.63. The number of ether oxygens (including phenoxy) is 4. The maximum absolute atomic E-state index is 13.0. The Bertz CT molecular complexity index is 1600. The van der Waals surface area contributed by atoms with Crippen molar-refractivity contribution in [2.24, 2.45) is 0 Å². The first-order chi connectivity index (χ1) is 40.2. The lowest BCUT2D eigenvalue weighted by molar-refractivity contribution is -0.161. The van der Waals surface area contributed by atoms with Gasteiger partial charge in [0.2, 0.25) is 0 Å². The number of esters is 4. The summed E-state index contributed by atoms with van der Waals surface area (Å²) in [6.45, 7) is 4.87. The fourth-order valence-corrected chi connectivity index (χ4v) is 11.2. The second-order valence-corrected chi connectivity index (χ2v) is 26.1. The van der Waals surface area contributed by atoms with Crippen molar-refractivity contribution in [3.63, 3.8) is 0 Å². The summed E-state index contributed by atoms with van der Waals surface area (Å²) in [7, 11) is -9.88. The first kappa shape index (κ1) is 81.1. The van der Waals surface area contributed by atoms with Gasteiger partial charge in [-0.05, 0) is 25.7 Å². The molecule has 0 aliphatic carbocycles. The minimum Gasteiger partial charge on any atom is -0.462 e. The van der Waals surface area contributed by atoms with Crippen molar-refractivity contribution < 1.29 is 80.2 Å². The average molecular weight is 1230 g/mol. The van der Waals surface area contributed by atoms with Gasteiger partial charge in [0.1, 0.15) is 19.3 Å². The summed E-state index contributed by atoms with van der Waals surface area (Å²) in [5.74, 6) is -2.13. The number of aliphatic hydroxyl groups is 1. The molecule has 0 heterocycles. The predicted molar refractivity (Wildman–Crippen MR) is 331 cm³/mol. The minimum atomic E-state index is -4.94. The van der Waals surface area contributed by atoms with Gasteiger partial charge in [-0.3, -0.25) is 37.3 Å². The van der Waals surface area contributed by atoms with Crippen LogP contribution in [0.25, 0.3) is 0 Å². The summed E-state index contributed by atoms with van der Waals surface area (Å²) in [6.07, 6.45) is 44.3. The minimum absolute atomic E-state index is 0.107. The second-order valence-electron chi connectivity index (χ2n) is 23.2. The zero-order valence-corrected chi connectivity index (χ0v) is 54.9. The summed E-state index contributed by atoms with van der Waals surface area (Å²) >= 11 is 0. The lowest BCUT2D eigenvalue weighted by atomic mass is 10.0. The van der Waals surface area contributed by atoms with E-state index in [1.54, 1.807) is 0 Å². The highest BCUT2D eigenvalue weighted by atomic mass is 31.2. The van der Waals surface area contributed by atoms with Gasteiger partial charge in [-0.2, -0.15) is 0 Å². The topological polar surface area (TPSA) is 237 Å². The number of aliphatic hydroxyl groups excluding tert-OH is 1. The zero-order chi connectivity index (χ0) is 61.2. The quantitative estimate of drug-likeness (QED) is 0.0222. The Morgan fingerprint density at radius 3 is 0.711 bits per heavy atom. The van der Waals surface area contributed by atoms with E-state index < -0.39 is 97.5 Å². The lowest BCUT2D eigenvalue weighted by Crippen LogP contribution is -2.30. The molecule has 2 unspecified atom stereocenters. The number of carbonyl (C=O) groups excluding carboxylic acids is 4. The molecule has 19 heteroatoms. The van der Waals surface area contributed by atoms with Gasteiger partial charge in [0.25, 0.3) is 0 Å². The maximum atomic E-state index is 13.0. The predicted octanol–water partition coefficient (Wildman–Crippen LogP) is 17.9. The van der Waals surface area contributed by atoms with E-state index in [4.69, 9.17) is 37.0 Å². The van der Waals surface area contributed by atoms with Crippen LogP contribution in [-0.4, -0.2) is 96.7 Å². The van der Waals surface area contributed by atoms with Crippen molar-refractivity contribution in [1.29, 1.82) is 0 Å². The van der Waals surface area contributed by atoms with E-state index in [1.165, 1.54) is 161 Å². The summed E-state index contributed by atoms with van der Waals surface area (Å²) in [5, 5.41) is 10.5. The summed E-state index contributed by atoms with van der Waals surface area (Å²) in [4.78, 5) is 72.1. The van der Waals surface area contributed by atoms with Crippen LogP contribution in [0.3, 0.4) is 0 Å². The smallest absolute Gasteiger partial charge is 0.462 e. The Labute approximate surface area is 505 Å². The van der Waals surface area contributed by atoms with Crippen LogP contribution in [0.4, 0.5) is 0 Å². The van der Waals surface area contributed by atoms with Crippen molar-refractivity contribution in [3.8, 4) is 0 Å². The molecule has 0 saturated heterocycles. The Morgan fingerprint density at radius 2 is 0.482 bits per heavy atom. The van der Waals surface area contributed by atoms with E-state index in [2.05, 4.69) is 27.7 Å². The van der Waals surface area contributed by atoms with Gasteiger partial charge in [-0.25, -0.2) is 9.13 Å². The van der Waals surface area contributed by atoms with Gasteiger partial charge in [-0.15, -0.1) is 0 Å². The van der Waals surface area contributed by atoms with Crippen LogP contribution in [0.15, 0.2) is 0 Å². The number of hydrogen-bond acceptors (Lipinski definition) is 15. The van der Waals surface area contributed by atoms with Crippen molar-refractivity contribution in [2.75, 3.05) is 39.6 Å². The summed E-state index contributed by atoms with van der Waals surface area (Å²) in [5.41, 5.74) is 0. The molecule has 0 radical (unpaired) electrons. The van der Waals surface area contributed by atoms with Gasteiger partial charge in [-0.1, -0.05) is 278 Å². The number of phosphoric acid groups is 2. The van der Waals surface area contributed by atoms with E-state index >= 15 is 0 Å². The molecule has 5 atom stereocenters. The molecule has 0 aromatic rings. The molecule has 0 saturated carbocycles. The van der Waals surface area contributed by atoms with Gasteiger partial charge in [0.15, 0.2) is 12.2 Å². The first-order valence-electron chi connectivity index (χ1n) is 33.8. The monoisotopic (exact) mass is 1230 g/mol. The van der Waals surface area contributed by atoms with Crippen molar-refractivity contribution in [1.82, 2.24) is 0 Å². The third-order valence-electron chi connectivity index (χ3n) is 14.9. The molecular formula is C64H124O17P2. The highest BCUT2D eigenvalue weighted by molar-refractivity contribution is 7.47. The number of rotatable bonds is 65. The SMILES string of the molecule is CCCCCCCCCCCCCCCCC(=O)O[C@H](COC(=O)CCCCCCCCCCCC)COP(=O)(O)OC[C@@H](O)COP(=O)(O)OC[C@@H](COC(=O)CCCCCCCCCCC)OC(=O)CCCCCCCCCCCC. The molecule has 0 amide bonds. The van der Waals surface area contributed by atoms with E-state index in [0.29, 0.717) is 25.7 Å². The fraction of sp³-hybridized carbons (Fsp3) is 0.938. The largest absolute Gasteiger partial charge is 0.472 e. The van der Waals surface area contributed by atoms with E-state index in [-0.39, 0.29) is 25.7 Å². The highest BCUT2D eigenvalue weighted by Crippen LogP contribution is 2.45. The molecule has 0 aliphatic heterocycles. The molecule has 3 N–H and O–H groups in total. The van der Waals surface area contributed by atoms with Crippen LogP contribution in [0.5, 0.6) is 0 Å². The van der Waals surface area contributed by atoms with Crippen molar-refractivity contribution in [2.45, 2.75) is 348 Å². The normalized spacial score (nSPS) is 14.2. The lowest BCUT2D eigenvalue weighted by Gasteiger charge is -2.21. The number of unbranched alkanes of at least 4 members (excludes halogenated alkanes) is 39. The van der Waals surface area contributed by atoms with Gasteiger partial charge in [0, 0.05) is 25.7 Å². The molecule has 83 heavy (non-hydrogen) atoms. The summed E-state index contributed by atoms with van der Waals surface area (Å²) in [6, 6.07) is 0. The zero-order valence-electron chi connectivity index (χ0n) is 53.2. The van der Waals surface area contributed by atoms with Gasteiger partial charge >= 0.3 is 39.5 Å². The molecular weight excluding hydrogens is 1100 g/mol. The van der Waals surface area contributed by atoms with E-state index in [1.807, 2.05) is 0 Å². The third-order valence-corrected chi connectivity index (χ3v) is 16.8. The Hall–Kier alpha value is -1.94. The van der Waals surface area contributed by atoms with Crippen LogP contribution in [0.2, 0.25) is 0 Å². The molecule has 0 aliphatic rings. The second kappa shape index (κ2) is 59.0. The van der Waals surface area contributed by atoms with E-state index in [9.17, 15) is 43.2 Å². The maximum Gasteiger partial charge on any atom is 0.472 e. The molecule has 492 valence electrons. The van der Waals surface area contributed by atoms with E-state index in [0.717, 1.165) is 89.9 Å². The van der Waals surface area contributed by atoms with Crippen LogP contribution >= 0.6 is 15.6 Å². The standard InChI is InChI=1S/C64H124O17P2/c1-5-9-13-17-21-25-28-29-30-31-35-39-43-47-51-64(69)81-60(55-75-62(67)49-45-41-37-33-26-22-18-14-10-6-2)57-79-83(72,73)77-53-58(65)52-76-82(70,71)78-56-59(54-74-61(66)48-44-40-36-32-24-20-16-12-8-4)80-63(68)50-46-42-38-34-27-23-19-15-11-7-3/h58-60,65H,5-57H2,1-4H3,(H,70,71)(H,72,73)/t58-,59+,60+/m0/s1. The molecule has 0 rings (SSSR count). The van der Waals surface area contributed by atoms with Crippen LogP contribution in [0, 0.1) is 0 Å². The van der Waals surface area contributed by atoms with Gasteiger partial charge < -0.3 is 33.8 Å². The molecule has 17 nitrogen and oxygen atoms in total. The van der Waals surface area contributed by atoms with Crippen molar-refractivity contribution in [3.05, 3.63) is 0 Å². The number of carbonyl (C=O) groups is 4. The highest BCUT2D eigenvalue weighted by Gasteiger charge is 2.30. The molecule has 0 aromatic carbocycles. The molecule has 0 spiro atoms. The number of phosphoric ester groups is 2. The molecule has 0 bridgehead atoms. The summed E-state index contributed by atoms with van der Waals surface area (Å²) < 4.78 is 68.0. The van der Waals surface area contributed by atoms with Crippen LogP contribution < -0.4 is 0 Å². The third kappa shape index (κ3) is 58.8. The Balaban J connectivity index is 5.22. The van der Waals surface area contributed by atoms with Crippen LogP contribution in [0.1, 0.15) is 329 Å².